The van der Waals surface area contributed by atoms with Crippen LogP contribution in [0.4, 0.5) is 4.79 Å². The Labute approximate surface area is 120 Å². The second-order valence-corrected chi connectivity index (χ2v) is 6.38. The summed E-state index contributed by atoms with van der Waals surface area (Å²) in [5.41, 5.74) is 0. The van der Waals surface area contributed by atoms with Crippen LogP contribution in [0.25, 0.3) is 0 Å². The summed E-state index contributed by atoms with van der Waals surface area (Å²) < 4.78 is 0. The first-order valence-electron chi connectivity index (χ1n) is 7.86. The molecule has 2 fully saturated rings. The summed E-state index contributed by atoms with van der Waals surface area (Å²) in [6, 6.07) is 0.145. The van der Waals surface area contributed by atoms with E-state index in [9.17, 15) is 9.59 Å². The molecule has 20 heavy (non-hydrogen) atoms. The van der Waals surface area contributed by atoms with Crippen LogP contribution in [0.5, 0.6) is 0 Å². The highest BCUT2D eigenvalue weighted by molar-refractivity contribution is 5.75. The van der Waals surface area contributed by atoms with Gasteiger partial charge in [0.15, 0.2) is 0 Å². The van der Waals surface area contributed by atoms with Crippen molar-refractivity contribution in [3.8, 4) is 0 Å². The van der Waals surface area contributed by atoms with Gasteiger partial charge in [-0.1, -0.05) is 26.2 Å². The van der Waals surface area contributed by atoms with E-state index in [1.165, 1.54) is 19.3 Å². The Morgan fingerprint density at radius 3 is 2.45 bits per heavy atom. The minimum absolute atomic E-state index is 0.00347. The molecule has 0 aromatic carbocycles. The second kappa shape index (κ2) is 6.95. The van der Waals surface area contributed by atoms with Gasteiger partial charge in [-0.3, -0.25) is 4.79 Å². The zero-order chi connectivity index (χ0) is 14.5. The summed E-state index contributed by atoms with van der Waals surface area (Å²) in [4.78, 5) is 23.0. The minimum Gasteiger partial charge on any atom is -0.481 e. The number of hydrogen-bond acceptors (Lipinski definition) is 2. The van der Waals surface area contributed by atoms with Crippen molar-refractivity contribution in [2.45, 2.75) is 70.4 Å². The predicted molar refractivity (Wildman–Crippen MR) is 76.5 cm³/mol. The molecule has 0 aromatic heterocycles. The maximum absolute atomic E-state index is 12.0. The number of carbonyl (C=O) groups excluding carboxylic acids is 1. The largest absolute Gasteiger partial charge is 0.481 e. The van der Waals surface area contributed by atoms with Crippen molar-refractivity contribution < 1.29 is 14.7 Å². The molecule has 2 saturated carbocycles. The summed E-state index contributed by atoms with van der Waals surface area (Å²) >= 11 is 0. The topological polar surface area (TPSA) is 78.4 Å². The minimum atomic E-state index is -0.738. The maximum atomic E-state index is 12.0. The lowest BCUT2D eigenvalue weighted by atomic mass is 9.85. The Bertz CT molecular complexity index is 359. The predicted octanol–water partition coefficient (Wildman–Crippen LogP) is 2.51. The van der Waals surface area contributed by atoms with E-state index in [1.807, 2.05) is 0 Å². The molecular weight excluding hydrogens is 256 g/mol. The fraction of sp³-hybridized carbons (Fsp3) is 0.867. The number of amides is 2. The molecule has 4 atom stereocenters. The lowest BCUT2D eigenvalue weighted by Gasteiger charge is -2.32. The lowest BCUT2D eigenvalue weighted by Crippen LogP contribution is -2.50. The summed E-state index contributed by atoms with van der Waals surface area (Å²) in [5.74, 6) is -0.506. The molecule has 0 spiro atoms. The molecule has 2 aliphatic rings. The van der Waals surface area contributed by atoms with Crippen LogP contribution >= 0.6 is 0 Å². The van der Waals surface area contributed by atoms with E-state index >= 15 is 0 Å². The van der Waals surface area contributed by atoms with Gasteiger partial charge in [0, 0.05) is 12.1 Å². The molecule has 4 unspecified atom stereocenters. The van der Waals surface area contributed by atoms with Crippen molar-refractivity contribution in [1.29, 1.82) is 0 Å². The van der Waals surface area contributed by atoms with Gasteiger partial charge < -0.3 is 15.7 Å². The fourth-order valence-corrected chi connectivity index (χ4v) is 3.47. The molecule has 5 heteroatoms. The highest BCUT2D eigenvalue weighted by Crippen LogP contribution is 2.25. The molecule has 2 amide bonds. The average Bonchev–Trinajstić information content (AvgIpc) is 2.41. The first-order valence-corrected chi connectivity index (χ1v) is 7.86. The third-order valence-electron chi connectivity index (χ3n) is 4.79. The summed E-state index contributed by atoms with van der Waals surface area (Å²) in [6.07, 6.45) is 7.72. The number of carboxylic acid groups (broad SMARTS) is 1. The number of hydrogen-bond donors (Lipinski definition) is 3. The van der Waals surface area contributed by atoms with Crippen LogP contribution < -0.4 is 10.6 Å². The van der Waals surface area contributed by atoms with E-state index in [-0.39, 0.29) is 24.0 Å². The molecule has 3 N–H and O–H groups in total. The first kappa shape index (κ1) is 15.1. The van der Waals surface area contributed by atoms with E-state index in [0.29, 0.717) is 12.3 Å². The van der Waals surface area contributed by atoms with Gasteiger partial charge in [-0.05, 0) is 38.0 Å². The highest BCUT2D eigenvalue weighted by Gasteiger charge is 2.29. The van der Waals surface area contributed by atoms with E-state index in [2.05, 4.69) is 17.6 Å². The monoisotopic (exact) mass is 282 g/mol. The number of nitrogens with one attached hydrogen (secondary N) is 2. The number of carbonyl (C=O) groups is 2. The lowest BCUT2D eigenvalue weighted by molar-refractivity contribution is -0.143. The zero-order valence-corrected chi connectivity index (χ0v) is 12.2. The van der Waals surface area contributed by atoms with Crippen LogP contribution in [0.1, 0.15) is 58.3 Å². The van der Waals surface area contributed by atoms with Crippen molar-refractivity contribution in [2.75, 3.05) is 0 Å². The quantitative estimate of drug-likeness (QED) is 0.744. The number of urea groups is 1. The number of carboxylic acids is 1. The van der Waals surface area contributed by atoms with Crippen LogP contribution in [0, 0.1) is 11.8 Å². The van der Waals surface area contributed by atoms with E-state index in [1.54, 1.807) is 0 Å². The molecule has 0 aliphatic heterocycles. The van der Waals surface area contributed by atoms with Gasteiger partial charge in [0.2, 0.25) is 0 Å². The van der Waals surface area contributed by atoms with Gasteiger partial charge in [-0.25, -0.2) is 4.79 Å². The van der Waals surface area contributed by atoms with Crippen molar-refractivity contribution in [1.82, 2.24) is 10.6 Å². The summed E-state index contributed by atoms with van der Waals surface area (Å²) in [5, 5.41) is 15.1. The Balaban J connectivity index is 1.77. The Morgan fingerprint density at radius 2 is 1.75 bits per heavy atom. The third-order valence-corrected chi connectivity index (χ3v) is 4.79. The Kier molecular flexibility index (Phi) is 5.26. The molecular formula is C15H26N2O3. The first-order chi connectivity index (χ1) is 9.56. The van der Waals surface area contributed by atoms with Crippen LogP contribution in [0.3, 0.4) is 0 Å². The van der Waals surface area contributed by atoms with Crippen molar-refractivity contribution in [3.63, 3.8) is 0 Å². The Morgan fingerprint density at radius 1 is 1.00 bits per heavy atom. The average molecular weight is 282 g/mol. The van der Waals surface area contributed by atoms with Crippen molar-refractivity contribution in [2.24, 2.45) is 11.8 Å². The van der Waals surface area contributed by atoms with Gasteiger partial charge in [-0.2, -0.15) is 0 Å². The SMILES string of the molecule is CC1CCCCC1NC(=O)NC1CCCC(C(=O)O)C1. The molecule has 114 valence electrons. The van der Waals surface area contributed by atoms with Gasteiger partial charge in [-0.15, -0.1) is 0 Å². The molecule has 0 saturated heterocycles. The van der Waals surface area contributed by atoms with Gasteiger partial charge in [0.25, 0.3) is 0 Å². The zero-order valence-electron chi connectivity index (χ0n) is 12.2. The molecule has 5 nitrogen and oxygen atoms in total. The second-order valence-electron chi connectivity index (χ2n) is 6.38. The van der Waals surface area contributed by atoms with Gasteiger partial charge in [0.1, 0.15) is 0 Å². The smallest absolute Gasteiger partial charge is 0.315 e. The van der Waals surface area contributed by atoms with Gasteiger partial charge >= 0.3 is 12.0 Å². The molecule has 0 radical (unpaired) electrons. The van der Waals surface area contributed by atoms with Crippen molar-refractivity contribution in [3.05, 3.63) is 0 Å². The number of rotatable bonds is 3. The molecule has 2 aliphatic carbocycles. The van der Waals surface area contributed by atoms with Gasteiger partial charge in [0.05, 0.1) is 5.92 Å². The van der Waals surface area contributed by atoms with Crippen LogP contribution in [0.2, 0.25) is 0 Å². The molecule has 2 rings (SSSR count). The van der Waals surface area contributed by atoms with E-state index in [0.717, 1.165) is 25.7 Å². The standard InChI is InChI=1S/C15H26N2O3/c1-10-5-2-3-8-13(10)17-15(20)16-12-7-4-6-11(9-12)14(18)19/h10-13H,2-9H2,1H3,(H,18,19)(H2,16,17,20). The summed E-state index contributed by atoms with van der Waals surface area (Å²) in [7, 11) is 0. The molecule has 0 heterocycles. The normalized spacial score (nSPS) is 34.2. The third kappa shape index (κ3) is 4.12. The highest BCUT2D eigenvalue weighted by atomic mass is 16.4. The molecule has 0 aromatic rings. The van der Waals surface area contributed by atoms with E-state index in [4.69, 9.17) is 5.11 Å². The maximum Gasteiger partial charge on any atom is 0.315 e. The molecule has 0 bridgehead atoms. The van der Waals surface area contributed by atoms with E-state index < -0.39 is 5.97 Å². The fourth-order valence-electron chi connectivity index (χ4n) is 3.47. The van der Waals surface area contributed by atoms with Crippen LogP contribution in [-0.2, 0) is 4.79 Å². The summed E-state index contributed by atoms with van der Waals surface area (Å²) in [6.45, 7) is 2.19. The number of aliphatic carboxylic acids is 1. The Hall–Kier alpha value is -1.26. The van der Waals surface area contributed by atoms with Crippen LogP contribution in [-0.4, -0.2) is 29.2 Å². The van der Waals surface area contributed by atoms with Crippen molar-refractivity contribution >= 4 is 12.0 Å². The van der Waals surface area contributed by atoms with Crippen LogP contribution in [0.15, 0.2) is 0 Å².